The fourth-order valence-corrected chi connectivity index (χ4v) is 8.06. The highest BCUT2D eigenvalue weighted by Gasteiger charge is 2.55. The number of imidazole rings is 2. The molecule has 0 unspecified atom stereocenters. The van der Waals surface area contributed by atoms with Crippen LogP contribution in [-0.2, 0) is 25.6 Å². The van der Waals surface area contributed by atoms with Crippen LogP contribution in [0.25, 0.3) is 33.6 Å². The van der Waals surface area contributed by atoms with Crippen LogP contribution in [0, 0.1) is 5.41 Å². The van der Waals surface area contributed by atoms with Crippen molar-refractivity contribution in [2.45, 2.75) is 89.6 Å². The second-order valence-electron chi connectivity index (χ2n) is 16.2. The van der Waals surface area contributed by atoms with Crippen molar-refractivity contribution < 1.29 is 28.6 Å². The van der Waals surface area contributed by atoms with Crippen molar-refractivity contribution in [2.75, 3.05) is 26.8 Å². The van der Waals surface area contributed by atoms with Gasteiger partial charge in [-0.1, -0.05) is 60.7 Å². The minimum Gasteiger partial charge on any atom is -0.453 e. The van der Waals surface area contributed by atoms with Gasteiger partial charge in [0, 0.05) is 30.4 Å². The van der Waals surface area contributed by atoms with Crippen LogP contribution >= 0.6 is 0 Å². The molecule has 2 aromatic heterocycles. The number of H-pyrrole nitrogens is 2. The summed E-state index contributed by atoms with van der Waals surface area (Å²) in [5, 5.41) is 2.70. The average molecular weight is 748 g/mol. The van der Waals surface area contributed by atoms with E-state index in [4.69, 9.17) is 24.2 Å². The standard InChI is InChI=1S/C42H49N7O6/c1-41(2,3)55-40(52)49-25-42(18-19-42)22-34(49)36-43-23-31(44-36)28-14-10-26(11-15-28)27-12-16-29(17-13-27)35-32-24-54-21-6-5-8-30(46-39(51)53-4)38(50)48-20-7-9-33(48)37(45-32)47-35/h5-6,10-17,23,30,33-34H,7-9,18-22,24-25H2,1-4H3,(H,43,44)(H,45,47)(H,46,51)/b6-5+/t30-,33-,34-/m0/s1. The third-order valence-electron chi connectivity index (χ3n) is 11.1. The summed E-state index contributed by atoms with van der Waals surface area (Å²) in [5.74, 6) is 1.34. The van der Waals surface area contributed by atoms with Crippen LogP contribution in [0.1, 0.15) is 88.7 Å². The maximum absolute atomic E-state index is 13.7. The molecule has 2 aromatic carbocycles. The zero-order valence-corrected chi connectivity index (χ0v) is 31.9. The Morgan fingerprint density at radius 1 is 0.945 bits per heavy atom. The SMILES string of the molecule is COC(=O)N[C@H]1C/C=C/COCc2[nH]c(nc2-c2ccc(-c3ccc(-c4c[nH]c([C@@H]5CC6(CC6)CN5C(=O)OC(C)(C)C)n4)cc3)cc2)[C@@H]2CCCN2C1=O. The van der Waals surface area contributed by atoms with Gasteiger partial charge in [0.25, 0.3) is 0 Å². The highest BCUT2D eigenvalue weighted by molar-refractivity contribution is 5.86. The number of amides is 3. The topological polar surface area (TPSA) is 155 Å². The van der Waals surface area contributed by atoms with E-state index in [1.54, 1.807) is 0 Å². The quantitative estimate of drug-likeness (QED) is 0.178. The average Bonchev–Trinajstić information content (AvgIpc) is 3.66. The molecule has 13 heteroatoms. The molecule has 1 spiro atoms. The van der Waals surface area contributed by atoms with Gasteiger partial charge in [-0.15, -0.1) is 0 Å². The first-order chi connectivity index (χ1) is 26.5. The molecule has 8 rings (SSSR count). The van der Waals surface area contributed by atoms with E-state index in [2.05, 4.69) is 63.8 Å². The fraction of sp³-hybridized carbons (Fsp3) is 0.452. The first-order valence-electron chi connectivity index (χ1n) is 19.2. The molecular weight excluding hydrogens is 699 g/mol. The molecule has 3 N–H and O–H groups in total. The molecule has 1 saturated carbocycles. The number of nitrogens with zero attached hydrogens (tertiary/aromatic N) is 4. The molecule has 5 heterocycles. The smallest absolute Gasteiger partial charge is 0.410 e. The summed E-state index contributed by atoms with van der Waals surface area (Å²) < 4.78 is 16.6. The lowest BCUT2D eigenvalue weighted by Gasteiger charge is -2.27. The zero-order chi connectivity index (χ0) is 38.3. The van der Waals surface area contributed by atoms with E-state index in [0.717, 1.165) is 77.3 Å². The molecule has 4 aromatic rings. The van der Waals surface area contributed by atoms with Crippen LogP contribution in [0.4, 0.5) is 9.59 Å². The fourth-order valence-electron chi connectivity index (χ4n) is 8.06. The summed E-state index contributed by atoms with van der Waals surface area (Å²) in [4.78, 5) is 59.5. The van der Waals surface area contributed by atoms with E-state index in [0.29, 0.717) is 38.5 Å². The molecule has 0 radical (unpaired) electrons. The number of nitrogens with one attached hydrogen (secondary N) is 3. The van der Waals surface area contributed by atoms with Crippen molar-refractivity contribution in [1.82, 2.24) is 35.1 Å². The number of carbonyl (C=O) groups excluding carboxylic acids is 3. The number of aromatic nitrogens is 4. The molecule has 2 saturated heterocycles. The van der Waals surface area contributed by atoms with Gasteiger partial charge in [-0.05, 0) is 75.8 Å². The Hall–Kier alpha value is -5.43. The molecule has 2 bridgehead atoms. The van der Waals surface area contributed by atoms with E-state index in [9.17, 15) is 14.4 Å². The van der Waals surface area contributed by atoms with Gasteiger partial charge in [-0.2, -0.15) is 0 Å². The molecule has 3 atom stereocenters. The highest BCUT2D eigenvalue weighted by Crippen LogP contribution is 2.58. The molecule has 288 valence electrons. The lowest BCUT2D eigenvalue weighted by atomic mass is 10.0. The van der Waals surface area contributed by atoms with Crippen molar-refractivity contribution in [3.8, 4) is 33.6 Å². The largest absolute Gasteiger partial charge is 0.453 e. The van der Waals surface area contributed by atoms with E-state index < -0.39 is 17.7 Å². The number of aromatic amines is 2. The molecule has 3 aliphatic heterocycles. The maximum Gasteiger partial charge on any atom is 0.410 e. The van der Waals surface area contributed by atoms with E-state index >= 15 is 0 Å². The predicted molar refractivity (Wildman–Crippen MR) is 205 cm³/mol. The Labute approximate surface area is 320 Å². The number of carbonyl (C=O) groups is 3. The van der Waals surface area contributed by atoms with Gasteiger partial charge in [0.15, 0.2) is 0 Å². The summed E-state index contributed by atoms with van der Waals surface area (Å²) >= 11 is 0. The summed E-state index contributed by atoms with van der Waals surface area (Å²) in [6.45, 7) is 7.66. The molecule has 13 nitrogen and oxygen atoms in total. The first-order valence-corrected chi connectivity index (χ1v) is 19.2. The second kappa shape index (κ2) is 14.7. The number of alkyl carbamates (subject to hydrolysis) is 1. The van der Waals surface area contributed by atoms with Crippen LogP contribution in [0.5, 0.6) is 0 Å². The molecule has 1 aliphatic carbocycles. The van der Waals surface area contributed by atoms with Crippen molar-refractivity contribution in [2.24, 2.45) is 5.41 Å². The van der Waals surface area contributed by atoms with Gasteiger partial charge in [-0.3, -0.25) is 9.69 Å². The van der Waals surface area contributed by atoms with Crippen molar-refractivity contribution in [1.29, 1.82) is 0 Å². The lowest BCUT2D eigenvalue weighted by Crippen LogP contribution is -2.48. The summed E-state index contributed by atoms with van der Waals surface area (Å²) in [7, 11) is 1.29. The van der Waals surface area contributed by atoms with Crippen LogP contribution < -0.4 is 5.32 Å². The Morgan fingerprint density at radius 3 is 2.35 bits per heavy atom. The third-order valence-corrected chi connectivity index (χ3v) is 11.1. The number of methoxy groups -OCH3 is 1. The Kier molecular flexibility index (Phi) is 9.74. The molecule has 4 aliphatic rings. The minimum atomic E-state index is -0.749. The number of hydrogen-bond acceptors (Lipinski definition) is 8. The van der Waals surface area contributed by atoms with Gasteiger partial charge in [0.05, 0.1) is 49.5 Å². The molecule has 55 heavy (non-hydrogen) atoms. The van der Waals surface area contributed by atoms with Gasteiger partial charge in [0.2, 0.25) is 5.91 Å². The van der Waals surface area contributed by atoms with Crippen LogP contribution in [-0.4, -0.2) is 86.3 Å². The van der Waals surface area contributed by atoms with E-state index in [1.807, 2.05) is 48.9 Å². The predicted octanol–water partition coefficient (Wildman–Crippen LogP) is 7.46. The number of likely N-dealkylation sites (tertiary alicyclic amines) is 1. The summed E-state index contributed by atoms with van der Waals surface area (Å²) in [6, 6.07) is 15.5. The second-order valence-corrected chi connectivity index (χ2v) is 16.2. The Bertz CT molecular complexity index is 2080. The van der Waals surface area contributed by atoms with E-state index in [-0.39, 0.29) is 29.5 Å². The van der Waals surface area contributed by atoms with Gasteiger partial charge >= 0.3 is 12.2 Å². The molecule has 3 fully saturated rings. The van der Waals surface area contributed by atoms with Gasteiger partial charge < -0.3 is 34.4 Å². The summed E-state index contributed by atoms with van der Waals surface area (Å²) in [6.07, 6.45) is 9.82. The molecule has 3 amide bonds. The van der Waals surface area contributed by atoms with Gasteiger partial charge in [-0.25, -0.2) is 19.6 Å². The van der Waals surface area contributed by atoms with Crippen LogP contribution in [0.15, 0.2) is 66.9 Å². The van der Waals surface area contributed by atoms with Crippen molar-refractivity contribution in [3.05, 3.63) is 84.2 Å². The van der Waals surface area contributed by atoms with Crippen molar-refractivity contribution in [3.63, 3.8) is 0 Å². The normalized spacial score (nSPS) is 22.7. The number of fused-ring (bicyclic) bond motifs is 4. The lowest BCUT2D eigenvalue weighted by molar-refractivity contribution is -0.134. The van der Waals surface area contributed by atoms with Crippen molar-refractivity contribution >= 4 is 18.1 Å². The maximum atomic E-state index is 13.7. The van der Waals surface area contributed by atoms with E-state index in [1.165, 1.54) is 7.11 Å². The number of benzene rings is 2. The van der Waals surface area contributed by atoms with Crippen LogP contribution in [0.2, 0.25) is 0 Å². The minimum absolute atomic E-state index is 0.133. The molecular formula is C42H49N7O6. The van der Waals surface area contributed by atoms with Gasteiger partial charge in [0.1, 0.15) is 23.3 Å². The zero-order valence-electron chi connectivity index (χ0n) is 31.9. The number of hydrogen-bond donors (Lipinski definition) is 3. The number of ether oxygens (including phenoxy) is 3. The Morgan fingerprint density at radius 2 is 1.65 bits per heavy atom. The summed E-state index contributed by atoms with van der Waals surface area (Å²) in [5.41, 5.74) is 6.16. The van der Waals surface area contributed by atoms with Crippen LogP contribution in [0.3, 0.4) is 0 Å². The first kappa shape index (κ1) is 36.5. The monoisotopic (exact) mass is 747 g/mol. The number of rotatable bonds is 5. The Balaban J connectivity index is 0.986. The third kappa shape index (κ3) is 7.75. The highest BCUT2D eigenvalue weighted by atomic mass is 16.6.